The van der Waals surface area contributed by atoms with E-state index < -0.39 is 0 Å². The van der Waals surface area contributed by atoms with Crippen molar-refractivity contribution in [1.82, 2.24) is 10.6 Å². The molecule has 1 aromatic rings. The summed E-state index contributed by atoms with van der Waals surface area (Å²) in [6, 6.07) is 8.02. The fourth-order valence-electron chi connectivity index (χ4n) is 2.61. The normalized spacial score (nSPS) is 24.8. The molecule has 3 nitrogen and oxygen atoms in total. The van der Waals surface area contributed by atoms with Gasteiger partial charge < -0.3 is 10.6 Å². The van der Waals surface area contributed by atoms with Crippen LogP contribution in [0.2, 0.25) is 5.02 Å². The van der Waals surface area contributed by atoms with Gasteiger partial charge in [0.15, 0.2) is 0 Å². The Kier molecular flexibility index (Phi) is 4.83. The van der Waals surface area contributed by atoms with Crippen LogP contribution in [-0.2, 0) is 4.79 Å². The first-order valence-electron chi connectivity index (χ1n) is 6.86. The van der Waals surface area contributed by atoms with Crippen LogP contribution >= 0.6 is 11.6 Å². The van der Waals surface area contributed by atoms with Gasteiger partial charge in [0.1, 0.15) is 0 Å². The zero-order valence-corrected chi connectivity index (χ0v) is 12.2. The van der Waals surface area contributed by atoms with Gasteiger partial charge in [0.25, 0.3) is 0 Å². The largest absolute Gasteiger partial charge is 0.349 e. The van der Waals surface area contributed by atoms with E-state index in [1.807, 2.05) is 31.2 Å². The highest BCUT2D eigenvalue weighted by Crippen LogP contribution is 2.23. The first-order valence-corrected chi connectivity index (χ1v) is 7.24. The number of amides is 1. The third-order valence-electron chi connectivity index (χ3n) is 3.72. The van der Waals surface area contributed by atoms with Crippen LogP contribution in [0.4, 0.5) is 0 Å². The Bertz CT molecular complexity index is 450. The zero-order valence-electron chi connectivity index (χ0n) is 11.4. The first-order chi connectivity index (χ1) is 9.08. The van der Waals surface area contributed by atoms with Crippen molar-refractivity contribution >= 4 is 17.5 Å². The number of nitrogens with one attached hydrogen (secondary N) is 2. The van der Waals surface area contributed by atoms with E-state index >= 15 is 0 Å². The number of rotatable bonds is 3. The lowest BCUT2D eigenvalue weighted by atomic mass is 9.92. The highest BCUT2D eigenvalue weighted by atomic mass is 35.5. The Morgan fingerprint density at radius 3 is 2.89 bits per heavy atom. The van der Waals surface area contributed by atoms with Crippen molar-refractivity contribution in [3.05, 3.63) is 34.9 Å². The molecule has 1 heterocycles. The minimum atomic E-state index is -0.0496. The summed E-state index contributed by atoms with van der Waals surface area (Å²) in [7, 11) is 0. The second kappa shape index (κ2) is 6.40. The summed E-state index contributed by atoms with van der Waals surface area (Å²) in [5, 5.41) is 7.14. The Morgan fingerprint density at radius 2 is 2.21 bits per heavy atom. The molecule has 1 saturated heterocycles. The minimum absolute atomic E-state index is 0.0496. The summed E-state index contributed by atoms with van der Waals surface area (Å²) in [5.74, 6) is 0.252. The molecule has 4 heteroatoms. The van der Waals surface area contributed by atoms with Crippen molar-refractivity contribution in [3.8, 4) is 0 Å². The summed E-state index contributed by atoms with van der Waals surface area (Å²) < 4.78 is 0. The molecule has 1 unspecified atom stereocenters. The van der Waals surface area contributed by atoms with Gasteiger partial charge in [-0.1, -0.05) is 29.8 Å². The van der Waals surface area contributed by atoms with Crippen LogP contribution < -0.4 is 10.6 Å². The van der Waals surface area contributed by atoms with Gasteiger partial charge in [0.05, 0.1) is 6.04 Å². The monoisotopic (exact) mass is 280 g/mol. The lowest BCUT2D eigenvalue weighted by Gasteiger charge is -2.28. The molecule has 1 aliphatic heterocycles. The standard InChI is InChI=1S/C15H21ClN2O/c1-10-9-12(7-8-17-10)15(19)18-11(2)13-5-3-4-6-14(13)16/h3-6,10-12,17H,7-9H2,1-2H3,(H,18,19)/t10-,11?,12-/m0/s1. The molecule has 0 aliphatic carbocycles. The number of piperidine rings is 1. The molecule has 0 bridgehead atoms. The van der Waals surface area contributed by atoms with Crippen molar-refractivity contribution in [2.45, 2.75) is 38.8 Å². The average molecular weight is 281 g/mol. The quantitative estimate of drug-likeness (QED) is 0.894. The fraction of sp³-hybridized carbons (Fsp3) is 0.533. The molecule has 104 valence electrons. The van der Waals surface area contributed by atoms with Crippen LogP contribution in [0.3, 0.4) is 0 Å². The number of benzene rings is 1. The van der Waals surface area contributed by atoms with E-state index in [2.05, 4.69) is 17.6 Å². The maximum atomic E-state index is 12.3. The van der Waals surface area contributed by atoms with Crippen LogP contribution in [0.1, 0.15) is 38.3 Å². The zero-order chi connectivity index (χ0) is 13.8. The van der Waals surface area contributed by atoms with Gasteiger partial charge >= 0.3 is 0 Å². The minimum Gasteiger partial charge on any atom is -0.349 e. The first kappa shape index (κ1) is 14.4. The van der Waals surface area contributed by atoms with Gasteiger partial charge in [-0.2, -0.15) is 0 Å². The molecular weight excluding hydrogens is 260 g/mol. The molecule has 0 radical (unpaired) electrons. The van der Waals surface area contributed by atoms with E-state index in [-0.39, 0.29) is 17.9 Å². The van der Waals surface area contributed by atoms with Crippen LogP contribution in [0.15, 0.2) is 24.3 Å². The fourth-order valence-corrected chi connectivity index (χ4v) is 2.90. The van der Waals surface area contributed by atoms with Crippen molar-refractivity contribution in [1.29, 1.82) is 0 Å². The second-order valence-corrected chi connectivity index (χ2v) is 5.74. The third kappa shape index (κ3) is 3.71. The number of hydrogen-bond donors (Lipinski definition) is 2. The van der Waals surface area contributed by atoms with Crippen molar-refractivity contribution in [3.63, 3.8) is 0 Å². The SMILES string of the molecule is CC(NC(=O)[C@H]1CCN[C@@H](C)C1)c1ccccc1Cl. The highest BCUT2D eigenvalue weighted by Gasteiger charge is 2.25. The maximum absolute atomic E-state index is 12.3. The van der Waals surface area contributed by atoms with E-state index in [1.165, 1.54) is 0 Å². The van der Waals surface area contributed by atoms with Crippen LogP contribution in [0.5, 0.6) is 0 Å². The molecule has 0 spiro atoms. The van der Waals surface area contributed by atoms with E-state index in [1.54, 1.807) is 0 Å². The van der Waals surface area contributed by atoms with E-state index in [0.29, 0.717) is 11.1 Å². The number of carbonyl (C=O) groups excluding carboxylic acids is 1. The number of carbonyl (C=O) groups is 1. The van der Waals surface area contributed by atoms with Crippen LogP contribution in [0.25, 0.3) is 0 Å². The average Bonchev–Trinajstić information content (AvgIpc) is 2.39. The molecule has 1 aromatic carbocycles. The summed E-state index contributed by atoms with van der Waals surface area (Å²) in [6.07, 6.45) is 1.81. The van der Waals surface area contributed by atoms with E-state index in [4.69, 9.17) is 11.6 Å². The lowest BCUT2D eigenvalue weighted by molar-refractivity contribution is -0.126. The van der Waals surface area contributed by atoms with Crippen molar-refractivity contribution < 1.29 is 4.79 Å². The summed E-state index contributed by atoms with van der Waals surface area (Å²) in [6.45, 7) is 5.01. The number of halogens is 1. The van der Waals surface area contributed by atoms with E-state index in [0.717, 1.165) is 24.9 Å². The maximum Gasteiger partial charge on any atom is 0.223 e. The highest BCUT2D eigenvalue weighted by molar-refractivity contribution is 6.31. The summed E-state index contributed by atoms with van der Waals surface area (Å²) in [5.41, 5.74) is 0.972. The van der Waals surface area contributed by atoms with Crippen LogP contribution in [0, 0.1) is 5.92 Å². The van der Waals surface area contributed by atoms with Gasteiger partial charge in [-0.05, 0) is 44.9 Å². The molecule has 2 rings (SSSR count). The van der Waals surface area contributed by atoms with Gasteiger partial charge in [-0.25, -0.2) is 0 Å². The van der Waals surface area contributed by atoms with Gasteiger partial charge in [0, 0.05) is 17.0 Å². The Morgan fingerprint density at radius 1 is 1.47 bits per heavy atom. The Labute approximate surface area is 119 Å². The smallest absolute Gasteiger partial charge is 0.223 e. The molecule has 0 saturated carbocycles. The van der Waals surface area contributed by atoms with Gasteiger partial charge in [-0.3, -0.25) is 4.79 Å². The van der Waals surface area contributed by atoms with Gasteiger partial charge in [0.2, 0.25) is 5.91 Å². The predicted octanol–water partition coefficient (Wildman–Crippen LogP) is 2.91. The molecular formula is C15H21ClN2O. The van der Waals surface area contributed by atoms with Crippen LogP contribution in [-0.4, -0.2) is 18.5 Å². The van der Waals surface area contributed by atoms with E-state index in [9.17, 15) is 4.79 Å². The second-order valence-electron chi connectivity index (χ2n) is 5.33. The topological polar surface area (TPSA) is 41.1 Å². The predicted molar refractivity (Wildman–Crippen MR) is 78.2 cm³/mol. The molecule has 1 fully saturated rings. The van der Waals surface area contributed by atoms with Gasteiger partial charge in [-0.15, -0.1) is 0 Å². The number of hydrogen-bond acceptors (Lipinski definition) is 2. The lowest BCUT2D eigenvalue weighted by Crippen LogP contribution is -2.43. The van der Waals surface area contributed by atoms with Crippen molar-refractivity contribution in [2.24, 2.45) is 5.92 Å². The molecule has 1 aliphatic rings. The molecule has 0 aromatic heterocycles. The van der Waals surface area contributed by atoms with Crippen molar-refractivity contribution in [2.75, 3.05) is 6.54 Å². The Balaban J connectivity index is 1.97. The summed E-state index contributed by atoms with van der Waals surface area (Å²) in [4.78, 5) is 12.3. The Hall–Kier alpha value is -1.06. The molecule has 2 N–H and O–H groups in total. The summed E-state index contributed by atoms with van der Waals surface area (Å²) >= 11 is 6.15. The molecule has 3 atom stereocenters. The third-order valence-corrected chi connectivity index (χ3v) is 4.07. The molecule has 1 amide bonds. The molecule has 19 heavy (non-hydrogen) atoms.